The molecular weight excluding hydrogens is 266 g/mol. The van der Waals surface area contributed by atoms with Crippen molar-refractivity contribution < 1.29 is 9.26 Å². The zero-order valence-corrected chi connectivity index (χ0v) is 12.1. The standard InChI is InChI=1S/C16H21N3O2/c17-13-7-9-14(10-8-13)20-11-15-18-16(19-21-15)12-5-3-1-2-4-6-12/h7-10,12H,1-6,11,17H2. The van der Waals surface area contributed by atoms with Crippen molar-refractivity contribution in [1.82, 2.24) is 10.1 Å². The van der Waals surface area contributed by atoms with Gasteiger partial charge < -0.3 is 15.0 Å². The number of hydrogen-bond acceptors (Lipinski definition) is 5. The quantitative estimate of drug-likeness (QED) is 0.686. The van der Waals surface area contributed by atoms with E-state index in [1.807, 2.05) is 12.1 Å². The van der Waals surface area contributed by atoms with Crippen LogP contribution < -0.4 is 10.5 Å². The van der Waals surface area contributed by atoms with E-state index in [2.05, 4.69) is 10.1 Å². The molecule has 0 unspecified atom stereocenters. The highest BCUT2D eigenvalue weighted by molar-refractivity contribution is 5.41. The van der Waals surface area contributed by atoms with Crippen LogP contribution in [-0.4, -0.2) is 10.1 Å². The predicted molar refractivity (Wildman–Crippen MR) is 79.9 cm³/mol. The van der Waals surface area contributed by atoms with Gasteiger partial charge in [0.25, 0.3) is 5.89 Å². The summed E-state index contributed by atoms with van der Waals surface area (Å²) >= 11 is 0. The number of anilines is 1. The Balaban J connectivity index is 1.58. The Bertz CT molecular complexity index is 557. The molecule has 3 rings (SSSR count). The number of aromatic nitrogens is 2. The topological polar surface area (TPSA) is 74.2 Å². The average Bonchev–Trinajstić information content (AvgIpc) is 2.80. The van der Waals surface area contributed by atoms with Crippen molar-refractivity contribution in [3.63, 3.8) is 0 Å². The normalized spacial score (nSPS) is 16.6. The van der Waals surface area contributed by atoms with Crippen LogP contribution in [0, 0.1) is 0 Å². The maximum Gasteiger partial charge on any atom is 0.264 e. The molecule has 2 N–H and O–H groups in total. The summed E-state index contributed by atoms with van der Waals surface area (Å²) in [5.74, 6) is 2.57. The van der Waals surface area contributed by atoms with Gasteiger partial charge in [0, 0.05) is 11.6 Å². The van der Waals surface area contributed by atoms with Crippen molar-refractivity contribution >= 4 is 5.69 Å². The number of nitrogen functional groups attached to an aromatic ring is 1. The monoisotopic (exact) mass is 287 g/mol. The molecule has 5 heteroatoms. The van der Waals surface area contributed by atoms with Crippen molar-refractivity contribution in [3.8, 4) is 5.75 Å². The Kier molecular flexibility index (Phi) is 4.38. The number of rotatable bonds is 4. The molecule has 0 aliphatic heterocycles. The van der Waals surface area contributed by atoms with E-state index >= 15 is 0 Å². The molecule has 0 spiro atoms. The molecule has 1 aliphatic rings. The minimum absolute atomic E-state index is 0.295. The van der Waals surface area contributed by atoms with E-state index in [9.17, 15) is 0 Å². The second kappa shape index (κ2) is 6.61. The van der Waals surface area contributed by atoms with Gasteiger partial charge in [-0.1, -0.05) is 30.8 Å². The van der Waals surface area contributed by atoms with Crippen LogP contribution >= 0.6 is 0 Å². The fourth-order valence-electron chi connectivity index (χ4n) is 2.74. The molecule has 1 aromatic carbocycles. The molecule has 1 heterocycles. The first-order valence-corrected chi connectivity index (χ1v) is 7.62. The predicted octanol–water partition coefficient (Wildman–Crippen LogP) is 3.67. The third-order valence-corrected chi connectivity index (χ3v) is 3.95. The molecule has 1 aliphatic carbocycles. The molecule has 1 saturated carbocycles. The second-order valence-electron chi connectivity index (χ2n) is 5.59. The van der Waals surface area contributed by atoms with E-state index in [1.54, 1.807) is 12.1 Å². The molecule has 0 amide bonds. The maximum absolute atomic E-state index is 5.64. The van der Waals surface area contributed by atoms with Crippen LogP contribution in [0.4, 0.5) is 5.69 Å². The molecule has 5 nitrogen and oxygen atoms in total. The van der Waals surface area contributed by atoms with Crippen molar-refractivity contribution in [2.75, 3.05) is 5.73 Å². The lowest BCUT2D eigenvalue weighted by Gasteiger charge is -2.07. The van der Waals surface area contributed by atoms with Gasteiger partial charge in [0.1, 0.15) is 5.75 Å². The summed E-state index contributed by atoms with van der Waals surface area (Å²) in [6, 6.07) is 7.27. The minimum atomic E-state index is 0.295. The van der Waals surface area contributed by atoms with Crippen molar-refractivity contribution in [2.24, 2.45) is 0 Å². The van der Waals surface area contributed by atoms with Gasteiger partial charge in [-0.25, -0.2) is 0 Å². The summed E-state index contributed by atoms with van der Waals surface area (Å²) in [5, 5.41) is 4.12. The molecule has 0 saturated heterocycles. The molecule has 1 fully saturated rings. The first-order valence-electron chi connectivity index (χ1n) is 7.62. The van der Waals surface area contributed by atoms with E-state index in [0.29, 0.717) is 18.4 Å². The Morgan fingerprint density at radius 2 is 1.81 bits per heavy atom. The smallest absolute Gasteiger partial charge is 0.264 e. The molecule has 1 aromatic heterocycles. The molecule has 0 atom stereocenters. The zero-order chi connectivity index (χ0) is 14.5. The lowest BCUT2D eigenvalue weighted by Crippen LogP contribution is -2.01. The SMILES string of the molecule is Nc1ccc(OCc2nc(C3CCCCCC3)no2)cc1. The highest BCUT2D eigenvalue weighted by Crippen LogP contribution is 2.29. The van der Waals surface area contributed by atoms with Crippen molar-refractivity contribution in [2.45, 2.75) is 51.0 Å². The summed E-state index contributed by atoms with van der Waals surface area (Å²) in [6.45, 7) is 0.295. The second-order valence-corrected chi connectivity index (χ2v) is 5.59. The summed E-state index contributed by atoms with van der Waals surface area (Å²) in [6.07, 6.45) is 7.49. The van der Waals surface area contributed by atoms with Crippen LogP contribution in [-0.2, 0) is 6.61 Å². The first kappa shape index (κ1) is 13.9. The van der Waals surface area contributed by atoms with Gasteiger partial charge in [-0.3, -0.25) is 0 Å². The van der Waals surface area contributed by atoms with Crippen molar-refractivity contribution in [3.05, 3.63) is 36.0 Å². The Morgan fingerprint density at radius 3 is 2.52 bits per heavy atom. The molecular formula is C16H21N3O2. The van der Waals surface area contributed by atoms with E-state index in [-0.39, 0.29) is 0 Å². The number of hydrogen-bond donors (Lipinski definition) is 1. The summed E-state index contributed by atoms with van der Waals surface area (Å²) < 4.78 is 10.9. The lowest BCUT2D eigenvalue weighted by molar-refractivity contribution is 0.242. The third-order valence-electron chi connectivity index (χ3n) is 3.95. The fraction of sp³-hybridized carbons (Fsp3) is 0.500. The number of nitrogens with two attached hydrogens (primary N) is 1. The zero-order valence-electron chi connectivity index (χ0n) is 12.1. The van der Waals surface area contributed by atoms with E-state index in [0.717, 1.165) is 30.1 Å². The van der Waals surface area contributed by atoms with Crippen LogP contribution in [0.5, 0.6) is 5.75 Å². The van der Waals surface area contributed by atoms with Crippen LogP contribution in [0.1, 0.15) is 56.2 Å². The van der Waals surface area contributed by atoms with Gasteiger partial charge in [-0.15, -0.1) is 0 Å². The summed E-state index contributed by atoms with van der Waals surface area (Å²) in [7, 11) is 0. The Labute approximate surface area is 124 Å². The summed E-state index contributed by atoms with van der Waals surface area (Å²) in [5.41, 5.74) is 6.35. The molecule has 2 aromatic rings. The Hall–Kier alpha value is -2.04. The number of ether oxygens (including phenoxy) is 1. The number of benzene rings is 1. The van der Waals surface area contributed by atoms with Crippen molar-refractivity contribution in [1.29, 1.82) is 0 Å². The summed E-state index contributed by atoms with van der Waals surface area (Å²) in [4.78, 5) is 4.48. The van der Waals surface area contributed by atoms with Crippen LogP contribution in [0.3, 0.4) is 0 Å². The largest absolute Gasteiger partial charge is 0.484 e. The fourth-order valence-corrected chi connectivity index (χ4v) is 2.74. The molecule has 0 radical (unpaired) electrons. The van der Waals surface area contributed by atoms with Gasteiger partial charge in [0.05, 0.1) is 0 Å². The van der Waals surface area contributed by atoms with Gasteiger partial charge in [0.2, 0.25) is 0 Å². The van der Waals surface area contributed by atoms with Gasteiger partial charge >= 0.3 is 0 Å². The van der Waals surface area contributed by atoms with Gasteiger partial charge in [0.15, 0.2) is 12.4 Å². The lowest BCUT2D eigenvalue weighted by atomic mass is 10.00. The Morgan fingerprint density at radius 1 is 1.10 bits per heavy atom. The number of nitrogens with zero attached hydrogens (tertiary/aromatic N) is 2. The van der Waals surface area contributed by atoms with Crippen LogP contribution in [0.15, 0.2) is 28.8 Å². The van der Waals surface area contributed by atoms with E-state index in [4.69, 9.17) is 15.0 Å². The van der Waals surface area contributed by atoms with Gasteiger partial charge in [-0.05, 0) is 37.1 Å². The molecule has 112 valence electrons. The molecule has 0 bridgehead atoms. The third kappa shape index (κ3) is 3.74. The molecule has 21 heavy (non-hydrogen) atoms. The van der Waals surface area contributed by atoms with E-state index < -0.39 is 0 Å². The highest BCUT2D eigenvalue weighted by atomic mass is 16.5. The average molecular weight is 287 g/mol. The minimum Gasteiger partial charge on any atom is -0.484 e. The van der Waals surface area contributed by atoms with Gasteiger partial charge in [-0.2, -0.15) is 4.98 Å². The van der Waals surface area contributed by atoms with Crippen LogP contribution in [0.25, 0.3) is 0 Å². The van der Waals surface area contributed by atoms with E-state index in [1.165, 1.54) is 25.7 Å². The van der Waals surface area contributed by atoms with Crippen LogP contribution in [0.2, 0.25) is 0 Å². The first-order chi connectivity index (χ1) is 10.3. The maximum atomic E-state index is 5.64. The highest BCUT2D eigenvalue weighted by Gasteiger charge is 2.20.